The summed E-state index contributed by atoms with van der Waals surface area (Å²) in [6.07, 6.45) is 54.9. The molecule has 1 atom stereocenters. The van der Waals surface area contributed by atoms with Crippen LogP contribution >= 0.6 is 7.82 Å². The zero-order chi connectivity index (χ0) is 41.1. The van der Waals surface area contributed by atoms with Crippen LogP contribution in [0.4, 0.5) is 0 Å². The van der Waals surface area contributed by atoms with Gasteiger partial charge in [0, 0.05) is 12.8 Å². The Morgan fingerprint density at radius 3 is 1.32 bits per heavy atom. The summed E-state index contributed by atoms with van der Waals surface area (Å²) in [4.78, 5) is 42.9. The Morgan fingerprint density at radius 1 is 0.464 bits per heavy atom. The van der Waals surface area contributed by atoms with E-state index in [4.69, 9.17) is 19.3 Å². The molecular formula is C47H81O8P. The summed E-state index contributed by atoms with van der Waals surface area (Å²) >= 11 is 0. The van der Waals surface area contributed by atoms with Gasteiger partial charge in [-0.1, -0.05) is 177 Å². The lowest BCUT2D eigenvalue weighted by atomic mass is 10.1. The number of unbranched alkanes of at least 4 members (excludes halogenated alkanes) is 18. The van der Waals surface area contributed by atoms with Gasteiger partial charge in [0.15, 0.2) is 6.10 Å². The van der Waals surface area contributed by atoms with Crippen molar-refractivity contribution in [2.24, 2.45) is 0 Å². The summed E-state index contributed by atoms with van der Waals surface area (Å²) in [7, 11) is -4.78. The normalized spacial score (nSPS) is 13.1. The Hall–Kier alpha value is -2.51. The van der Waals surface area contributed by atoms with Crippen LogP contribution in [-0.4, -0.2) is 41.0 Å². The number of esters is 2. The Balaban J connectivity index is 4.02. The van der Waals surface area contributed by atoms with Gasteiger partial charge in [-0.2, -0.15) is 0 Å². The van der Waals surface area contributed by atoms with Gasteiger partial charge in [0.2, 0.25) is 0 Å². The predicted octanol–water partition coefficient (Wildman–Crippen LogP) is 13.9. The molecule has 0 saturated heterocycles. The Labute approximate surface area is 342 Å². The van der Waals surface area contributed by atoms with Crippen LogP contribution in [-0.2, 0) is 28.2 Å². The number of ether oxygens (including phenoxy) is 2. The third-order valence-electron chi connectivity index (χ3n) is 9.21. The molecule has 0 aromatic heterocycles. The molecule has 0 aromatic carbocycles. The SMILES string of the molecule is CCCCC/C=C\C/C=C\C/C=C\C/C=C\C/C=C\CCC(=O)O[C@H](COC(=O)CCCCCCCCCCC/C=C\CCCCCCCC)COP(=O)(O)O. The van der Waals surface area contributed by atoms with Crippen molar-refractivity contribution in [1.82, 2.24) is 0 Å². The molecule has 56 heavy (non-hydrogen) atoms. The maximum atomic E-state index is 12.4. The second kappa shape index (κ2) is 42.1. The van der Waals surface area contributed by atoms with Crippen LogP contribution in [0.5, 0.6) is 0 Å². The summed E-state index contributed by atoms with van der Waals surface area (Å²) in [6.45, 7) is 3.60. The predicted molar refractivity (Wildman–Crippen MR) is 234 cm³/mol. The molecule has 0 radical (unpaired) electrons. The second-order valence-electron chi connectivity index (χ2n) is 14.7. The van der Waals surface area contributed by atoms with E-state index in [9.17, 15) is 14.2 Å². The Kier molecular flexibility index (Phi) is 40.2. The van der Waals surface area contributed by atoms with Gasteiger partial charge in [-0.3, -0.25) is 14.1 Å². The first-order valence-electron chi connectivity index (χ1n) is 22.2. The molecule has 2 N–H and O–H groups in total. The molecule has 0 aliphatic heterocycles. The smallest absolute Gasteiger partial charge is 0.462 e. The molecule has 0 fully saturated rings. The summed E-state index contributed by atoms with van der Waals surface area (Å²) in [5, 5.41) is 0. The molecule has 9 heteroatoms. The minimum absolute atomic E-state index is 0.0855. The van der Waals surface area contributed by atoms with Crippen molar-refractivity contribution in [3.63, 3.8) is 0 Å². The van der Waals surface area contributed by atoms with Gasteiger partial charge >= 0.3 is 19.8 Å². The second-order valence-corrected chi connectivity index (χ2v) is 15.9. The number of hydrogen-bond donors (Lipinski definition) is 2. The zero-order valence-corrected chi connectivity index (χ0v) is 36.4. The van der Waals surface area contributed by atoms with Crippen molar-refractivity contribution >= 4 is 19.8 Å². The highest BCUT2D eigenvalue weighted by atomic mass is 31.2. The Morgan fingerprint density at radius 2 is 0.839 bits per heavy atom. The van der Waals surface area contributed by atoms with Crippen molar-refractivity contribution < 1.29 is 37.9 Å². The largest absolute Gasteiger partial charge is 0.469 e. The molecule has 0 amide bonds. The fourth-order valence-electron chi connectivity index (χ4n) is 5.88. The number of rotatable bonds is 40. The van der Waals surface area contributed by atoms with Gasteiger partial charge in [0.1, 0.15) is 6.61 Å². The summed E-state index contributed by atoms with van der Waals surface area (Å²) in [6, 6.07) is 0. The minimum atomic E-state index is -4.78. The van der Waals surface area contributed by atoms with E-state index in [1.165, 1.54) is 109 Å². The molecule has 0 rings (SSSR count). The third-order valence-corrected chi connectivity index (χ3v) is 9.70. The third kappa shape index (κ3) is 44.2. The van der Waals surface area contributed by atoms with Gasteiger partial charge in [-0.25, -0.2) is 4.57 Å². The fraction of sp³-hybridized carbons (Fsp3) is 0.702. The zero-order valence-electron chi connectivity index (χ0n) is 35.5. The van der Waals surface area contributed by atoms with Crippen molar-refractivity contribution in [2.75, 3.05) is 13.2 Å². The topological polar surface area (TPSA) is 119 Å². The van der Waals surface area contributed by atoms with Crippen LogP contribution in [0.25, 0.3) is 0 Å². The first-order valence-corrected chi connectivity index (χ1v) is 23.8. The molecular weight excluding hydrogens is 723 g/mol. The van der Waals surface area contributed by atoms with Crippen molar-refractivity contribution in [1.29, 1.82) is 0 Å². The maximum Gasteiger partial charge on any atom is 0.469 e. The first kappa shape index (κ1) is 53.5. The highest BCUT2D eigenvalue weighted by Gasteiger charge is 2.22. The van der Waals surface area contributed by atoms with E-state index in [2.05, 4.69) is 79.1 Å². The van der Waals surface area contributed by atoms with Gasteiger partial charge in [-0.15, -0.1) is 0 Å². The summed E-state index contributed by atoms with van der Waals surface area (Å²) in [5.41, 5.74) is 0. The van der Waals surface area contributed by atoms with Gasteiger partial charge in [0.25, 0.3) is 0 Å². The lowest BCUT2D eigenvalue weighted by molar-refractivity contribution is -0.161. The monoisotopic (exact) mass is 805 g/mol. The fourth-order valence-corrected chi connectivity index (χ4v) is 6.24. The molecule has 0 aliphatic rings. The highest BCUT2D eigenvalue weighted by molar-refractivity contribution is 7.46. The van der Waals surface area contributed by atoms with Crippen LogP contribution < -0.4 is 0 Å². The number of allylic oxidation sites excluding steroid dienone is 12. The minimum Gasteiger partial charge on any atom is -0.462 e. The summed E-state index contributed by atoms with van der Waals surface area (Å²) in [5.74, 6) is -0.985. The summed E-state index contributed by atoms with van der Waals surface area (Å²) < 4.78 is 26.3. The van der Waals surface area contributed by atoms with Crippen molar-refractivity contribution in [2.45, 2.75) is 200 Å². The lowest BCUT2D eigenvalue weighted by Crippen LogP contribution is -2.29. The average Bonchev–Trinajstić information content (AvgIpc) is 3.17. The average molecular weight is 805 g/mol. The van der Waals surface area contributed by atoms with Crippen LogP contribution in [0.3, 0.4) is 0 Å². The highest BCUT2D eigenvalue weighted by Crippen LogP contribution is 2.36. The molecule has 0 bridgehead atoms. The van der Waals surface area contributed by atoms with Crippen LogP contribution in [0.15, 0.2) is 72.9 Å². The van der Waals surface area contributed by atoms with Gasteiger partial charge in [-0.05, 0) is 77.0 Å². The Bertz CT molecular complexity index is 1130. The van der Waals surface area contributed by atoms with E-state index in [1.54, 1.807) is 0 Å². The molecule has 0 saturated carbocycles. The lowest BCUT2D eigenvalue weighted by Gasteiger charge is -2.18. The van der Waals surface area contributed by atoms with Crippen molar-refractivity contribution in [3.05, 3.63) is 72.9 Å². The molecule has 0 aromatic rings. The van der Waals surface area contributed by atoms with Gasteiger partial charge < -0.3 is 19.3 Å². The van der Waals surface area contributed by atoms with E-state index in [0.717, 1.165) is 44.9 Å². The van der Waals surface area contributed by atoms with E-state index < -0.39 is 32.5 Å². The molecule has 322 valence electrons. The van der Waals surface area contributed by atoms with E-state index in [0.29, 0.717) is 12.8 Å². The maximum absolute atomic E-state index is 12.4. The molecule has 0 aliphatic carbocycles. The molecule has 0 spiro atoms. The van der Waals surface area contributed by atoms with Crippen LogP contribution in [0.2, 0.25) is 0 Å². The first-order chi connectivity index (χ1) is 27.3. The number of hydrogen-bond acceptors (Lipinski definition) is 6. The van der Waals surface area contributed by atoms with E-state index in [1.807, 2.05) is 12.2 Å². The van der Waals surface area contributed by atoms with E-state index in [-0.39, 0.29) is 19.4 Å². The number of carbonyl (C=O) groups excluding carboxylic acids is 2. The number of phosphoric ester groups is 1. The quantitative estimate of drug-likeness (QED) is 0.0272. The van der Waals surface area contributed by atoms with Gasteiger partial charge in [0.05, 0.1) is 6.61 Å². The standard InChI is InChI=1S/C47H81O8P/c1-3-5-7-9-11-13-15-17-19-21-23-25-27-29-31-33-35-37-39-41-46(48)53-43-45(44-54-56(50,51)52)55-47(49)42-40-38-36-34-32-30-28-26-24-22-20-18-16-14-12-10-8-6-4-2/h12,14,17-20,24,26,30,32,36,38,45H,3-11,13,15-16,21-23,25,27-29,31,33-35,37,39-44H2,1-2H3,(H2,50,51,52)/b14-12-,19-17-,20-18-,26-24-,32-30-,38-36-/t45-/m1/s1. The molecule has 0 heterocycles. The van der Waals surface area contributed by atoms with Crippen molar-refractivity contribution in [3.8, 4) is 0 Å². The number of carbonyl (C=O) groups is 2. The molecule has 8 nitrogen and oxygen atoms in total. The number of phosphoric acid groups is 1. The van der Waals surface area contributed by atoms with E-state index >= 15 is 0 Å². The van der Waals surface area contributed by atoms with Crippen LogP contribution in [0, 0.1) is 0 Å². The van der Waals surface area contributed by atoms with Crippen LogP contribution in [0.1, 0.15) is 194 Å². The molecule has 0 unspecified atom stereocenters.